The smallest absolute Gasteiger partial charge is 0.0594 e. The molecule has 0 aliphatic carbocycles. The first-order valence-corrected chi connectivity index (χ1v) is 14.5. The van der Waals surface area contributed by atoms with E-state index < -0.39 is 0 Å². The molecule has 1 heterocycles. The van der Waals surface area contributed by atoms with Gasteiger partial charge in [-0.15, -0.1) is 0 Å². The van der Waals surface area contributed by atoms with Crippen LogP contribution in [0.25, 0.3) is 0 Å². The highest BCUT2D eigenvalue weighted by atomic mass is 16.5. The van der Waals surface area contributed by atoms with E-state index in [0.29, 0.717) is 0 Å². The molecular weight excluding hydrogens is 396 g/mol. The van der Waals surface area contributed by atoms with Crippen molar-refractivity contribution < 1.29 is 9.47 Å². The maximum Gasteiger partial charge on any atom is 0.0594 e. The van der Waals surface area contributed by atoms with Gasteiger partial charge in [-0.1, -0.05) is 104 Å². The molecule has 192 valence electrons. The highest BCUT2D eigenvalue weighted by Crippen LogP contribution is 2.10. The van der Waals surface area contributed by atoms with Gasteiger partial charge in [0.2, 0.25) is 0 Å². The number of hydrogen-bond donors (Lipinski definition) is 0. The van der Waals surface area contributed by atoms with Crippen LogP contribution in [0.5, 0.6) is 0 Å². The van der Waals surface area contributed by atoms with Crippen molar-refractivity contribution in [2.24, 2.45) is 0 Å². The lowest BCUT2D eigenvalue weighted by Gasteiger charge is -2.26. The topological polar surface area (TPSA) is 24.9 Å². The molecule has 1 saturated heterocycles. The van der Waals surface area contributed by atoms with Crippen molar-refractivity contribution in [2.75, 3.05) is 65.7 Å². The van der Waals surface area contributed by atoms with E-state index in [2.05, 4.69) is 23.6 Å². The summed E-state index contributed by atoms with van der Waals surface area (Å²) in [5.74, 6) is 0. The summed E-state index contributed by atoms with van der Waals surface area (Å²) in [5.41, 5.74) is 0. The van der Waals surface area contributed by atoms with Crippen molar-refractivity contribution >= 4 is 0 Å². The van der Waals surface area contributed by atoms with Crippen LogP contribution in [0.3, 0.4) is 0 Å². The molecular formula is C28H58N2O2. The van der Waals surface area contributed by atoms with Crippen LogP contribution in [0.1, 0.15) is 117 Å². The fourth-order valence-corrected chi connectivity index (χ4v) is 4.59. The van der Waals surface area contributed by atoms with Gasteiger partial charge < -0.3 is 9.47 Å². The van der Waals surface area contributed by atoms with Gasteiger partial charge in [0.15, 0.2) is 0 Å². The Bertz CT molecular complexity index is 321. The molecule has 1 rings (SSSR count). The molecule has 0 N–H and O–H groups in total. The lowest BCUT2D eigenvalue weighted by Crippen LogP contribution is -2.36. The molecule has 0 saturated carbocycles. The van der Waals surface area contributed by atoms with Crippen molar-refractivity contribution in [2.45, 2.75) is 117 Å². The van der Waals surface area contributed by atoms with Crippen LogP contribution in [-0.4, -0.2) is 75.5 Å². The Balaban J connectivity index is 2.07. The first-order chi connectivity index (χ1) is 15.9. The third-order valence-corrected chi connectivity index (χ3v) is 6.86. The van der Waals surface area contributed by atoms with Gasteiger partial charge in [-0.05, 0) is 25.9 Å². The molecule has 4 nitrogen and oxygen atoms in total. The Kier molecular flexibility index (Phi) is 22.4. The number of hydrogen-bond acceptors (Lipinski definition) is 4. The van der Waals surface area contributed by atoms with Gasteiger partial charge in [0.25, 0.3) is 0 Å². The van der Waals surface area contributed by atoms with Gasteiger partial charge in [0.1, 0.15) is 0 Å². The van der Waals surface area contributed by atoms with E-state index >= 15 is 0 Å². The van der Waals surface area contributed by atoms with Gasteiger partial charge in [-0.25, -0.2) is 0 Å². The van der Waals surface area contributed by atoms with E-state index in [-0.39, 0.29) is 0 Å². The summed E-state index contributed by atoms with van der Waals surface area (Å²) in [6, 6.07) is 0. The zero-order valence-electron chi connectivity index (χ0n) is 22.1. The SMILES string of the molecule is CCCCCCCCCCN1CCOCCN(CCCCCCCCCC)CCOCC1. The average molecular weight is 455 g/mol. The molecule has 0 aromatic rings. The van der Waals surface area contributed by atoms with Gasteiger partial charge in [0.05, 0.1) is 26.4 Å². The molecule has 4 heteroatoms. The minimum atomic E-state index is 0.864. The van der Waals surface area contributed by atoms with Crippen molar-refractivity contribution in [3.05, 3.63) is 0 Å². The van der Waals surface area contributed by atoms with Crippen LogP contribution in [0.2, 0.25) is 0 Å². The second kappa shape index (κ2) is 24.0. The number of unbranched alkanes of at least 4 members (excludes halogenated alkanes) is 14. The predicted molar refractivity (Wildman–Crippen MR) is 140 cm³/mol. The lowest BCUT2D eigenvalue weighted by molar-refractivity contribution is 0.0372. The van der Waals surface area contributed by atoms with E-state index in [1.165, 1.54) is 116 Å². The minimum Gasteiger partial charge on any atom is -0.379 e. The Morgan fingerprint density at radius 3 is 1.00 bits per heavy atom. The minimum absolute atomic E-state index is 0.864. The number of ether oxygens (including phenoxy) is 2. The fraction of sp³-hybridized carbons (Fsp3) is 1.00. The molecule has 0 atom stereocenters. The van der Waals surface area contributed by atoms with E-state index in [0.717, 1.165) is 52.6 Å². The Hall–Kier alpha value is -0.160. The standard InChI is InChI=1S/C28H58N2O2/c1-3-5-7-9-11-13-15-17-19-29-21-25-31-27-23-30(24-28-32-26-22-29)20-18-16-14-12-10-8-6-4-2/h3-28H2,1-2H3. The van der Waals surface area contributed by atoms with Crippen molar-refractivity contribution in [3.8, 4) is 0 Å². The molecule has 0 aromatic carbocycles. The van der Waals surface area contributed by atoms with Crippen molar-refractivity contribution in [3.63, 3.8) is 0 Å². The quantitative estimate of drug-likeness (QED) is 0.210. The first kappa shape index (κ1) is 29.9. The monoisotopic (exact) mass is 454 g/mol. The Morgan fingerprint density at radius 2 is 0.688 bits per heavy atom. The third-order valence-electron chi connectivity index (χ3n) is 6.86. The summed E-state index contributed by atoms with van der Waals surface area (Å²) in [6.45, 7) is 14.7. The summed E-state index contributed by atoms with van der Waals surface area (Å²) in [6.07, 6.45) is 22.2. The van der Waals surface area contributed by atoms with Crippen LogP contribution >= 0.6 is 0 Å². The molecule has 1 aliphatic rings. The highest BCUT2D eigenvalue weighted by Gasteiger charge is 2.09. The summed E-state index contributed by atoms with van der Waals surface area (Å²) in [7, 11) is 0. The fourth-order valence-electron chi connectivity index (χ4n) is 4.59. The molecule has 0 spiro atoms. The zero-order chi connectivity index (χ0) is 23.0. The number of nitrogens with zero attached hydrogens (tertiary/aromatic N) is 2. The van der Waals surface area contributed by atoms with Crippen LogP contribution in [0.15, 0.2) is 0 Å². The third kappa shape index (κ3) is 19.3. The van der Waals surface area contributed by atoms with Gasteiger partial charge >= 0.3 is 0 Å². The zero-order valence-corrected chi connectivity index (χ0v) is 22.1. The van der Waals surface area contributed by atoms with Gasteiger partial charge in [0, 0.05) is 26.2 Å². The van der Waals surface area contributed by atoms with Crippen LogP contribution in [0.4, 0.5) is 0 Å². The molecule has 0 aromatic heterocycles. The highest BCUT2D eigenvalue weighted by molar-refractivity contribution is 4.62. The van der Waals surface area contributed by atoms with Crippen molar-refractivity contribution in [1.82, 2.24) is 9.80 Å². The van der Waals surface area contributed by atoms with E-state index in [9.17, 15) is 0 Å². The summed E-state index contributed by atoms with van der Waals surface area (Å²) >= 11 is 0. The summed E-state index contributed by atoms with van der Waals surface area (Å²) in [4.78, 5) is 5.11. The molecule has 0 bridgehead atoms. The van der Waals surface area contributed by atoms with Crippen LogP contribution in [-0.2, 0) is 9.47 Å². The molecule has 0 unspecified atom stereocenters. The Labute approximate surface area is 201 Å². The summed E-state index contributed by atoms with van der Waals surface area (Å²) < 4.78 is 12.0. The predicted octanol–water partition coefficient (Wildman–Crippen LogP) is 6.92. The van der Waals surface area contributed by atoms with Gasteiger partial charge in [-0.2, -0.15) is 0 Å². The molecule has 0 radical (unpaired) electrons. The number of rotatable bonds is 18. The molecule has 1 fully saturated rings. The molecule has 0 amide bonds. The first-order valence-electron chi connectivity index (χ1n) is 14.5. The van der Waals surface area contributed by atoms with Crippen LogP contribution < -0.4 is 0 Å². The second-order valence-corrected chi connectivity index (χ2v) is 9.86. The van der Waals surface area contributed by atoms with Crippen molar-refractivity contribution in [1.29, 1.82) is 0 Å². The van der Waals surface area contributed by atoms with E-state index in [4.69, 9.17) is 9.47 Å². The summed E-state index contributed by atoms with van der Waals surface area (Å²) in [5, 5.41) is 0. The second-order valence-electron chi connectivity index (χ2n) is 9.86. The van der Waals surface area contributed by atoms with Crippen LogP contribution in [0, 0.1) is 0 Å². The largest absolute Gasteiger partial charge is 0.379 e. The van der Waals surface area contributed by atoms with E-state index in [1.54, 1.807) is 0 Å². The maximum absolute atomic E-state index is 6.01. The molecule has 32 heavy (non-hydrogen) atoms. The maximum atomic E-state index is 6.01. The normalized spacial score (nSPS) is 17.8. The Morgan fingerprint density at radius 1 is 0.406 bits per heavy atom. The average Bonchev–Trinajstić information content (AvgIpc) is 2.79. The lowest BCUT2D eigenvalue weighted by atomic mass is 10.1. The van der Waals surface area contributed by atoms with E-state index in [1.807, 2.05) is 0 Å². The van der Waals surface area contributed by atoms with Gasteiger partial charge in [-0.3, -0.25) is 9.80 Å². The molecule has 1 aliphatic heterocycles.